The van der Waals surface area contributed by atoms with Gasteiger partial charge in [0, 0.05) is 31.7 Å². The lowest BCUT2D eigenvalue weighted by Crippen LogP contribution is -2.42. The van der Waals surface area contributed by atoms with Crippen molar-refractivity contribution in [3.8, 4) is 0 Å². The van der Waals surface area contributed by atoms with Crippen LogP contribution in [0, 0.1) is 0 Å². The summed E-state index contributed by atoms with van der Waals surface area (Å²) in [6, 6.07) is 1.21. The summed E-state index contributed by atoms with van der Waals surface area (Å²) in [6.07, 6.45) is 3.45. The third-order valence-corrected chi connectivity index (χ3v) is 3.92. The lowest BCUT2D eigenvalue weighted by molar-refractivity contribution is 0.183. The van der Waals surface area contributed by atoms with Gasteiger partial charge in [-0.05, 0) is 39.9 Å². The van der Waals surface area contributed by atoms with Gasteiger partial charge in [-0.1, -0.05) is 0 Å². The van der Waals surface area contributed by atoms with Crippen LogP contribution in [0.15, 0.2) is 0 Å². The SMILES string of the molecule is CN(CC1CC(O)CN1)CC1CCCN1C. The Morgan fingerprint density at radius 2 is 2.25 bits per heavy atom. The van der Waals surface area contributed by atoms with E-state index in [9.17, 15) is 5.11 Å². The summed E-state index contributed by atoms with van der Waals surface area (Å²) in [6.45, 7) is 4.23. The van der Waals surface area contributed by atoms with Gasteiger partial charge in [0.2, 0.25) is 0 Å². The molecule has 2 heterocycles. The minimum absolute atomic E-state index is 0.132. The van der Waals surface area contributed by atoms with Crippen molar-refractivity contribution < 1.29 is 5.11 Å². The lowest BCUT2D eigenvalue weighted by Gasteiger charge is -2.27. The molecular weight excluding hydrogens is 202 g/mol. The molecule has 0 bridgehead atoms. The number of likely N-dealkylation sites (tertiary alicyclic amines) is 1. The van der Waals surface area contributed by atoms with Crippen LogP contribution in [-0.4, -0.2) is 73.4 Å². The summed E-state index contributed by atoms with van der Waals surface area (Å²) < 4.78 is 0. The normalized spacial score (nSPS) is 36.4. The fourth-order valence-corrected chi connectivity index (χ4v) is 2.96. The number of β-amino-alcohol motifs (C(OH)–C–C–N with tert-alkyl or cyclic N) is 1. The Hall–Kier alpha value is -0.160. The number of aliphatic hydroxyl groups is 1. The molecule has 3 atom stereocenters. The largest absolute Gasteiger partial charge is 0.392 e. The number of hydrogen-bond donors (Lipinski definition) is 2. The second-order valence-electron chi connectivity index (χ2n) is 5.49. The molecule has 2 saturated heterocycles. The first-order chi connectivity index (χ1) is 7.65. The average Bonchev–Trinajstić information content (AvgIpc) is 2.77. The van der Waals surface area contributed by atoms with Gasteiger partial charge in [0.1, 0.15) is 0 Å². The van der Waals surface area contributed by atoms with Gasteiger partial charge in [0.25, 0.3) is 0 Å². The van der Waals surface area contributed by atoms with E-state index in [1.54, 1.807) is 0 Å². The molecule has 16 heavy (non-hydrogen) atoms. The van der Waals surface area contributed by atoms with Crippen LogP contribution < -0.4 is 5.32 Å². The molecule has 2 aliphatic rings. The molecule has 0 aromatic carbocycles. The topological polar surface area (TPSA) is 38.7 Å². The van der Waals surface area contributed by atoms with Crippen LogP contribution in [0.5, 0.6) is 0 Å². The summed E-state index contributed by atoms with van der Waals surface area (Å²) in [7, 11) is 4.42. The molecule has 0 aromatic heterocycles. The molecule has 4 heteroatoms. The Balaban J connectivity index is 1.69. The van der Waals surface area contributed by atoms with E-state index in [4.69, 9.17) is 0 Å². The van der Waals surface area contributed by atoms with Gasteiger partial charge < -0.3 is 20.2 Å². The molecule has 0 radical (unpaired) electrons. The molecule has 0 saturated carbocycles. The highest BCUT2D eigenvalue weighted by Gasteiger charge is 2.26. The van der Waals surface area contributed by atoms with E-state index in [1.807, 2.05) is 0 Å². The third-order valence-electron chi connectivity index (χ3n) is 3.92. The molecule has 3 unspecified atom stereocenters. The molecule has 2 N–H and O–H groups in total. The minimum atomic E-state index is -0.132. The Kier molecular flexibility index (Phi) is 4.19. The van der Waals surface area contributed by atoms with Crippen molar-refractivity contribution in [3.63, 3.8) is 0 Å². The van der Waals surface area contributed by atoms with Gasteiger partial charge in [0.05, 0.1) is 6.10 Å². The van der Waals surface area contributed by atoms with Crippen molar-refractivity contribution in [1.82, 2.24) is 15.1 Å². The van der Waals surface area contributed by atoms with Crippen LogP contribution in [0.3, 0.4) is 0 Å². The summed E-state index contributed by atoms with van der Waals surface area (Å²) in [5.41, 5.74) is 0. The molecule has 0 amide bonds. The predicted molar refractivity (Wildman–Crippen MR) is 65.6 cm³/mol. The van der Waals surface area contributed by atoms with Crippen LogP contribution in [0.1, 0.15) is 19.3 Å². The number of aliphatic hydroxyl groups excluding tert-OH is 1. The van der Waals surface area contributed by atoms with Crippen molar-refractivity contribution >= 4 is 0 Å². The van der Waals surface area contributed by atoms with Crippen molar-refractivity contribution in [3.05, 3.63) is 0 Å². The first-order valence-corrected chi connectivity index (χ1v) is 6.45. The van der Waals surface area contributed by atoms with Crippen LogP contribution in [0.2, 0.25) is 0 Å². The van der Waals surface area contributed by atoms with Crippen LogP contribution in [0.25, 0.3) is 0 Å². The second kappa shape index (κ2) is 5.45. The van der Waals surface area contributed by atoms with Gasteiger partial charge in [-0.25, -0.2) is 0 Å². The zero-order valence-electron chi connectivity index (χ0n) is 10.5. The smallest absolute Gasteiger partial charge is 0.0680 e. The zero-order valence-corrected chi connectivity index (χ0v) is 10.5. The zero-order chi connectivity index (χ0) is 11.5. The first-order valence-electron chi connectivity index (χ1n) is 6.45. The predicted octanol–water partition coefficient (Wildman–Crippen LogP) is -0.265. The van der Waals surface area contributed by atoms with Crippen molar-refractivity contribution in [2.75, 3.05) is 40.3 Å². The Bertz CT molecular complexity index is 224. The van der Waals surface area contributed by atoms with E-state index in [-0.39, 0.29) is 6.10 Å². The fourth-order valence-electron chi connectivity index (χ4n) is 2.96. The highest BCUT2D eigenvalue weighted by Crippen LogP contribution is 2.16. The average molecular weight is 227 g/mol. The Morgan fingerprint density at radius 1 is 1.44 bits per heavy atom. The van der Waals surface area contributed by atoms with Crippen LogP contribution >= 0.6 is 0 Å². The van der Waals surface area contributed by atoms with Gasteiger partial charge in [-0.2, -0.15) is 0 Å². The lowest BCUT2D eigenvalue weighted by atomic mass is 10.1. The molecule has 94 valence electrons. The summed E-state index contributed by atoms with van der Waals surface area (Å²) in [5.74, 6) is 0. The van der Waals surface area contributed by atoms with Gasteiger partial charge in [-0.15, -0.1) is 0 Å². The molecule has 0 spiro atoms. The van der Waals surface area contributed by atoms with Crippen molar-refractivity contribution in [1.29, 1.82) is 0 Å². The minimum Gasteiger partial charge on any atom is -0.392 e. The summed E-state index contributed by atoms with van der Waals surface area (Å²) in [4.78, 5) is 4.87. The molecule has 0 aliphatic carbocycles. The molecule has 4 nitrogen and oxygen atoms in total. The highest BCUT2D eigenvalue weighted by atomic mass is 16.3. The number of rotatable bonds is 4. The van der Waals surface area contributed by atoms with Gasteiger partial charge >= 0.3 is 0 Å². The molecule has 0 aromatic rings. The molecule has 2 aliphatic heterocycles. The number of likely N-dealkylation sites (N-methyl/N-ethyl adjacent to an activating group) is 2. The monoisotopic (exact) mass is 227 g/mol. The van der Waals surface area contributed by atoms with E-state index in [2.05, 4.69) is 29.2 Å². The van der Waals surface area contributed by atoms with E-state index < -0.39 is 0 Å². The van der Waals surface area contributed by atoms with E-state index in [0.29, 0.717) is 6.04 Å². The second-order valence-corrected chi connectivity index (χ2v) is 5.49. The number of nitrogens with zero attached hydrogens (tertiary/aromatic N) is 2. The fraction of sp³-hybridized carbons (Fsp3) is 1.00. The van der Waals surface area contributed by atoms with Crippen molar-refractivity contribution in [2.24, 2.45) is 0 Å². The maximum absolute atomic E-state index is 9.45. The Morgan fingerprint density at radius 3 is 2.81 bits per heavy atom. The van der Waals surface area contributed by atoms with E-state index >= 15 is 0 Å². The Labute approximate surface area is 98.6 Å². The summed E-state index contributed by atoms with van der Waals surface area (Å²) in [5, 5.41) is 12.8. The third kappa shape index (κ3) is 3.17. The first kappa shape index (κ1) is 12.3. The maximum atomic E-state index is 9.45. The van der Waals surface area contributed by atoms with Gasteiger partial charge in [0.15, 0.2) is 0 Å². The summed E-state index contributed by atoms with van der Waals surface area (Å²) >= 11 is 0. The van der Waals surface area contributed by atoms with Crippen LogP contribution in [-0.2, 0) is 0 Å². The standard InChI is InChI=1S/C12H25N3O/c1-14(8-10-6-12(16)7-13-10)9-11-4-3-5-15(11)2/h10-13,16H,3-9H2,1-2H3. The van der Waals surface area contributed by atoms with Gasteiger partial charge in [-0.3, -0.25) is 0 Å². The quantitative estimate of drug-likeness (QED) is 0.694. The van der Waals surface area contributed by atoms with E-state index in [1.165, 1.54) is 19.4 Å². The number of nitrogens with one attached hydrogen (secondary N) is 1. The van der Waals surface area contributed by atoms with E-state index in [0.717, 1.165) is 32.1 Å². The maximum Gasteiger partial charge on any atom is 0.0680 e. The highest BCUT2D eigenvalue weighted by molar-refractivity contribution is 4.85. The van der Waals surface area contributed by atoms with Crippen molar-refractivity contribution in [2.45, 2.75) is 37.5 Å². The molecule has 2 fully saturated rings. The van der Waals surface area contributed by atoms with Crippen LogP contribution in [0.4, 0.5) is 0 Å². The molecule has 2 rings (SSSR count). The molecular formula is C12H25N3O. The number of hydrogen-bond acceptors (Lipinski definition) is 4.